The topological polar surface area (TPSA) is 58.7 Å². The number of rotatable bonds is 5. The number of imidazole rings is 1. The van der Waals surface area contributed by atoms with Crippen molar-refractivity contribution in [1.29, 1.82) is 5.26 Å². The van der Waals surface area contributed by atoms with Gasteiger partial charge in [-0.15, -0.1) is 0 Å². The summed E-state index contributed by atoms with van der Waals surface area (Å²) in [5.41, 5.74) is 0.717. The first-order valence-corrected chi connectivity index (χ1v) is 6.70. The normalized spacial score (nSPS) is 10.1. The van der Waals surface area contributed by atoms with Crippen molar-refractivity contribution in [3.63, 3.8) is 0 Å². The average Bonchev–Trinajstić information content (AvgIpc) is 2.87. The van der Waals surface area contributed by atoms with Crippen LogP contribution in [0.25, 0.3) is 0 Å². The molecule has 0 spiro atoms. The Balaban J connectivity index is 1.88. The monoisotopic (exact) mass is 317 g/mol. The van der Waals surface area contributed by atoms with Crippen LogP contribution in [0, 0.1) is 11.3 Å². The Labute approximate surface area is 119 Å². The number of hydrogen-bond acceptors (Lipinski definition) is 3. The predicted octanol–water partition coefficient (Wildman–Crippen LogP) is 3.18. The standard InChI is InChI=1S/C14H12BrN3O/c15-12-5-3-11(4-6-12)13(19)2-1-8-18-9-7-17-14(18)10-16/h3-7,9H,1-2,8H2. The van der Waals surface area contributed by atoms with Crippen molar-refractivity contribution >= 4 is 21.7 Å². The van der Waals surface area contributed by atoms with Gasteiger partial charge in [0.05, 0.1) is 0 Å². The van der Waals surface area contributed by atoms with E-state index in [0.717, 1.165) is 4.47 Å². The van der Waals surface area contributed by atoms with Gasteiger partial charge in [0.1, 0.15) is 6.07 Å². The van der Waals surface area contributed by atoms with Gasteiger partial charge >= 0.3 is 0 Å². The molecule has 0 aliphatic carbocycles. The SMILES string of the molecule is N#Cc1nccn1CCCC(=O)c1ccc(Br)cc1. The number of aryl methyl sites for hydroxylation is 1. The lowest BCUT2D eigenvalue weighted by Gasteiger charge is -2.03. The van der Waals surface area contributed by atoms with Gasteiger partial charge in [0, 0.05) is 35.4 Å². The molecular formula is C14H12BrN3O. The van der Waals surface area contributed by atoms with Crippen LogP contribution in [0.15, 0.2) is 41.1 Å². The first kappa shape index (κ1) is 13.5. The molecule has 0 radical (unpaired) electrons. The van der Waals surface area contributed by atoms with Gasteiger partial charge in [-0.25, -0.2) is 4.98 Å². The molecule has 0 fully saturated rings. The number of Topliss-reactive ketones (excluding diaryl/α,β-unsaturated/α-hetero) is 1. The Bertz CT molecular complexity index is 610. The van der Waals surface area contributed by atoms with Crippen molar-refractivity contribution < 1.29 is 4.79 Å². The van der Waals surface area contributed by atoms with Gasteiger partial charge in [0.2, 0.25) is 5.82 Å². The van der Waals surface area contributed by atoms with Crippen LogP contribution in [-0.4, -0.2) is 15.3 Å². The fourth-order valence-corrected chi connectivity index (χ4v) is 2.06. The van der Waals surface area contributed by atoms with Crippen LogP contribution in [0.1, 0.15) is 29.0 Å². The van der Waals surface area contributed by atoms with E-state index in [2.05, 4.69) is 20.9 Å². The number of hydrogen-bond donors (Lipinski definition) is 0. The van der Waals surface area contributed by atoms with Crippen LogP contribution < -0.4 is 0 Å². The third kappa shape index (κ3) is 3.52. The minimum Gasteiger partial charge on any atom is -0.323 e. The molecule has 0 aliphatic rings. The zero-order chi connectivity index (χ0) is 13.7. The molecule has 0 saturated heterocycles. The molecule has 2 rings (SSSR count). The summed E-state index contributed by atoms with van der Waals surface area (Å²) in [4.78, 5) is 15.8. The Morgan fingerprint density at radius 1 is 1.37 bits per heavy atom. The molecule has 1 aromatic heterocycles. The first-order valence-electron chi connectivity index (χ1n) is 5.90. The second kappa shape index (κ2) is 6.30. The van der Waals surface area contributed by atoms with Crippen molar-refractivity contribution in [3.8, 4) is 6.07 Å². The lowest BCUT2D eigenvalue weighted by atomic mass is 10.1. The molecule has 0 aliphatic heterocycles. The highest BCUT2D eigenvalue weighted by Crippen LogP contribution is 2.13. The quantitative estimate of drug-likeness (QED) is 0.796. The summed E-state index contributed by atoms with van der Waals surface area (Å²) in [7, 11) is 0. The molecule has 0 amide bonds. The third-order valence-electron chi connectivity index (χ3n) is 2.78. The minimum atomic E-state index is 0.117. The molecule has 1 heterocycles. The number of nitriles is 1. The second-order valence-electron chi connectivity index (χ2n) is 4.09. The molecule has 1 aromatic carbocycles. The summed E-state index contributed by atoms with van der Waals surface area (Å²) in [5.74, 6) is 0.502. The molecule has 4 nitrogen and oxygen atoms in total. The van der Waals surface area contributed by atoms with Crippen LogP contribution in [0.5, 0.6) is 0 Å². The van der Waals surface area contributed by atoms with E-state index in [4.69, 9.17) is 5.26 Å². The number of aromatic nitrogens is 2. The number of carbonyl (C=O) groups excluding carboxylic acids is 1. The number of halogens is 1. The van der Waals surface area contributed by atoms with E-state index in [9.17, 15) is 4.79 Å². The van der Waals surface area contributed by atoms with Crippen molar-refractivity contribution in [2.45, 2.75) is 19.4 Å². The zero-order valence-corrected chi connectivity index (χ0v) is 11.8. The van der Waals surface area contributed by atoms with Gasteiger partial charge in [-0.05, 0) is 18.6 Å². The summed E-state index contributed by atoms with van der Waals surface area (Å²) in [5, 5.41) is 8.82. The van der Waals surface area contributed by atoms with Crippen LogP contribution in [0.2, 0.25) is 0 Å². The Hall–Kier alpha value is -1.93. The zero-order valence-electron chi connectivity index (χ0n) is 10.2. The lowest BCUT2D eigenvalue weighted by Crippen LogP contribution is -2.04. The fourth-order valence-electron chi connectivity index (χ4n) is 1.79. The van der Waals surface area contributed by atoms with E-state index in [0.29, 0.717) is 30.8 Å². The van der Waals surface area contributed by atoms with E-state index >= 15 is 0 Å². The lowest BCUT2D eigenvalue weighted by molar-refractivity contribution is 0.0978. The molecule has 96 valence electrons. The van der Waals surface area contributed by atoms with Crippen LogP contribution in [0.4, 0.5) is 0 Å². The first-order chi connectivity index (χ1) is 9.20. The molecule has 0 saturated carbocycles. The van der Waals surface area contributed by atoms with Gasteiger partial charge < -0.3 is 4.57 Å². The summed E-state index contributed by atoms with van der Waals surface area (Å²) in [6, 6.07) is 9.35. The molecule has 19 heavy (non-hydrogen) atoms. The number of benzene rings is 1. The van der Waals surface area contributed by atoms with Crippen molar-refractivity contribution in [1.82, 2.24) is 9.55 Å². The number of nitrogens with zero attached hydrogens (tertiary/aromatic N) is 3. The largest absolute Gasteiger partial charge is 0.323 e. The highest BCUT2D eigenvalue weighted by atomic mass is 79.9. The number of ketones is 1. The van der Waals surface area contributed by atoms with E-state index < -0.39 is 0 Å². The van der Waals surface area contributed by atoms with Gasteiger partial charge in [-0.3, -0.25) is 4.79 Å². The van der Waals surface area contributed by atoms with Crippen LogP contribution in [0.3, 0.4) is 0 Å². The Morgan fingerprint density at radius 3 is 2.79 bits per heavy atom. The average molecular weight is 318 g/mol. The summed E-state index contributed by atoms with van der Waals surface area (Å²) in [6.07, 6.45) is 4.50. The fraction of sp³-hybridized carbons (Fsp3) is 0.214. The Morgan fingerprint density at radius 2 is 2.11 bits per heavy atom. The minimum absolute atomic E-state index is 0.117. The van der Waals surface area contributed by atoms with E-state index in [-0.39, 0.29) is 5.78 Å². The van der Waals surface area contributed by atoms with Gasteiger partial charge in [0.15, 0.2) is 5.78 Å². The maximum Gasteiger partial charge on any atom is 0.212 e. The van der Waals surface area contributed by atoms with Crippen molar-refractivity contribution in [3.05, 3.63) is 52.5 Å². The molecule has 5 heteroatoms. The summed E-state index contributed by atoms with van der Waals surface area (Å²) >= 11 is 3.34. The van der Waals surface area contributed by atoms with E-state index in [1.54, 1.807) is 17.0 Å². The summed E-state index contributed by atoms with van der Waals surface area (Å²) < 4.78 is 2.72. The van der Waals surface area contributed by atoms with E-state index in [1.807, 2.05) is 30.3 Å². The van der Waals surface area contributed by atoms with Crippen LogP contribution in [-0.2, 0) is 6.54 Å². The maximum absolute atomic E-state index is 11.9. The van der Waals surface area contributed by atoms with Gasteiger partial charge in [0.25, 0.3) is 0 Å². The molecular weight excluding hydrogens is 306 g/mol. The molecule has 0 unspecified atom stereocenters. The van der Waals surface area contributed by atoms with Crippen molar-refractivity contribution in [2.24, 2.45) is 0 Å². The molecule has 0 bridgehead atoms. The summed E-state index contributed by atoms with van der Waals surface area (Å²) in [6.45, 7) is 0.630. The smallest absolute Gasteiger partial charge is 0.212 e. The Kier molecular flexibility index (Phi) is 4.48. The van der Waals surface area contributed by atoms with Gasteiger partial charge in [-0.2, -0.15) is 5.26 Å². The highest BCUT2D eigenvalue weighted by molar-refractivity contribution is 9.10. The van der Waals surface area contributed by atoms with Crippen molar-refractivity contribution in [2.75, 3.05) is 0 Å². The predicted molar refractivity (Wildman–Crippen MR) is 74.6 cm³/mol. The molecule has 0 atom stereocenters. The van der Waals surface area contributed by atoms with Gasteiger partial charge in [-0.1, -0.05) is 28.1 Å². The molecule has 2 aromatic rings. The number of carbonyl (C=O) groups is 1. The maximum atomic E-state index is 11.9. The highest BCUT2D eigenvalue weighted by Gasteiger charge is 2.06. The molecule has 0 N–H and O–H groups in total. The third-order valence-corrected chi connectivity index (χ3v) is 3.31. The second-order valence-corrected chi connectivity index (χ2v) is 5.01. The van der Waals surface area contributed by atoms with E-state index in [1.165, 1.54) is 0 Å². The van der Waals surface area contributed by atoms with Crippen LogP contribution >= 0.6 is 15.9 Å².